The van der Waals surface area contributed by atoms with Crippen molar-refractivity contribution in [3.63, 3.8) is 0 Å². The molecule has 7 nitrogen and oxygen atoms in total. The minimum Gasteiger partial charge on any atom is -0.339 e. The Balaban J connectivity index is 1.26. The van der Waals surface area contributed by atoms with E-state index in [0.717, 1.165) is 24.5 Å². The van der Waals surface area contributed by atoms with Gasteiger partial charge in [-0.05, 0) is 55.2 Å². The molecule has 0 spiro atoms. The average molecular weight is 494 g/mol. The van der Waals surface area contributed by atoms with Crippen LogP contribution >= 0.6 is 11.6 Å². The summed E-state index contributed by atoms with van der Waals surface area (Å²) in [4.78, 5) is 28.8. The molecule has 10 heteroatoms. The Kier molecular flexibility index (Phi) is 7.02. The van der Waals surface area contributed by atoms with E-state index in [1.165, 1.54) is 12.1 Å². The van der Waals surface area contributed by atoms with Gasteiger partial charge in [0.1, 0.15) is 5.82 Å². The number of hydrogen-bond donors (Lipinski definition) is 1. The number of carbonyl (C=O) groups is 2. The zero-order chi connectivity index (χ0) is 23.6. The largest absolute Gasteiger partial charge is 0.339 e. The summed E-state index contributed by atoms with van der Waals surface area (Å²) < 4.78 is 40.4. The number of sulfonamides is 1. The van der Waals surface area contributed by atoms with Gasteiger partial charge in [-0.2, -0.15) is 0 Å². The molecule has 1 heterocycles. The van der Waals surface area contributed by atoms with Gasteiger partial charge in [-0.25, -0.2) is 17.5 Å². The van der Waals surface area contributed by atoms with E-state index in [1.54, 1.807) is 34.1 Å². The Morgan fingerprint density at radius 2 is 1.64 bits per heavy atom. The van der Waals surface area contributed by atoms with E-state index >= 15 is 0 Å². The van der Waals surface area contributed by atoms with Gasteiger partial charge in [0.2, 0.25) is 15.9 Å². The summed E-state index contributed by atoms with van der Waals surface area (Å²) in [5.74, 6) is -0.800. The molecule has 0 aromatic heterocycles. The van der Waals surface area contributed by atoms with Gasteiger partial charge in [0, 0.05) is 38.6 Å². The molecule has 1 N–H and O–H groups in total. The SMILES string of the molecule is O=C(CCc1ccc(S(=O)(=O)NC2CC2)cc1)N1CCN(C(=O)c2ccc(F)cc2Cl)CC1. The molecule has 2 aromatic rings. The van der Waals surface area contributed by atoms with E-state index in [0.29, 0.717) is 39.0 Å². The predicted molar refractivity (Wildman–Crippen MR) is 122 cm³/mol. The Bertz CT molecular complexity index is 1140. The quantitative estimate of drug-likeness (QED) is 0.642. The standard InChI is InChI=1S/C23H25ClFN3O4S/c24-21-15-17(25)4-9-20(21)23(30)28-13-11-27(12-14-28)22(29)10-3-16-1-7-19(8-2-16)33(31,32)26-18-5-6-18/h1-2,4,7-9,15,18,26H,3,5-6,10-14H2. The topological polar surface area (TPSA) is 86.8 Å². The van der Waals surface area contributed by atoms with E-state index in [9.17, 15) is 22.4 Å². The van der Waals surface area contributed by atoms with E-state index in [-0.39, 0.29) is 33.3 Å². The summed E-state index contributed by atoms with van der Waals surface area (Å²) in [5, 5.41) is 0.0700. The maximum Gasteiger partial charge on any atom is 0.255 e. The van der Waals surface area contributed by atoms with Crippen LogP contribution in [-0.4, -0.2) is 62.3 Å². The Hall–Kier alpha value is -2.49. The fourth-order valence-corrected chi connectivity index (χ4v) is 5.28. The fraction of sp³-hybridized carbons (Fsp3) is 0.391. The zero-order valence-electron chi connectivity index (χ0n) is 18.0. The number of carbonyl (C=O) groups excluding carboxylic acids is 2. The Morgan fingerprint density at radius 3 is 2.24 bits per heavy atom. The molecule has 1 saturated heterocycles. The van der Waals surface area contributed by atoms with Crippen LogP contribution in [0.1, 0.15) is 35.2 Å². The molecule has 1 aliphatic carbocycles. The normalized spacial score (nSPS) is 16.7. The summed E-state index contributed by atoms with van der Waals surface area (Å²) in [6.07, 6.45) is 2.55. The molecular weight excluding hydrogens is 469 g/mol. The van der Waals surface area contributed by atoms with Crippen molar-refractivity contribution in [1.82, 2.24) is 14.5 Å². The van der Waals surface area contributed by atoms with Gasteiger partial charge < -0.3 is 9.80 Å². The number of nitrogens with zero attached hydrogens (tertiary/aromatic N) is 2. The van der Waals surface area contributed by atoms with Crippen LogP contribution < -0.4 is 4.72 Å². The summed E-state index contributed by atoms with van der Waals surface area (Å²) >= 11 is 5.99. The first-order chi connectivity index (χ1) is 15.7. The van der Waals surface area contributed by atoms with Gasteiger partial charge in [0.15, 0.2) is 0 Å². The number of rotatable bonds is 7. The van der Waals surface area contributed by atoms with E-state index in [1.807, 2.05) is 0 Å². The van der Waals surface area contributed by atoms with Gasteiger partial charge in [-0.15, -0.1) is 0 Å². The molecule has 0 atom stereocenters. The van der Waals surface area contributed by atoms with Crippen molar-refractivity contribution >= 4 is 33.4 Å². The van der Waals surface area contributed by atoms with Gasteiger partial charge in [-0.1, -0.05) is 23.7 Å². The third-order valence-corrected chi connectivity index (χ3v) is 7.69. The number of halogens is 2. The lowest BCUT2D eigenvalue weighted by atomic mass is 10.1. The van der Waals surface area contributed by atoms with Crippen LogP contribution in [0, 0.1) is 5.82 Å². The molecule has 4 rings (SSSR count). The van der Waals surface area contributed by atoms with Crippen LogP contribution in [0.5, 0.6) is 0 Å². The van der Waals surface area contributed by atoms with Crippen LogP contribution in [0.4, 0.5) is 4.39 Å². The number of benzene rings is 2. The van der Waals surface area contributed by atoms with Gasteiger partial charge in [-0.3, -0.25) is 9.59 Å². The molecule has 2 fully saturated rings. The van der Waals surface area contributed by atoms with E-state index < -0.39 is 15.8 Å². The zero-order valence-corrected chi connectivity index (χ0v) is 19.5. The molecule has 0 bridgehead atoms. The monoisotopic (exact) mass is 493 g/mol. The summed E-state index contributed by atoms with van der Waals surface area (Å²) in [6.45, 7) is 1.57. The fourth-order valence-electron chi connectivity index (χ4n) is 3.73. The lowest BCUT2D eigenvalue weighted by Gasteiger charge is -2.35. The second kappa shape index (κ2) is 9.79. The lowest BCUT2D eigenvalue weighted by Crippen LogP contribution is -2.50. The van der Waals surface area contributed by atoms with E-state index in [4.69, 9.17) is 11.6 Å². The first kappa shape index (κ1) is 23.7. The first-order valence-electron chi connectivity index (χ1n) is 10.9. The highest BCUT2D eigenvalue weighted by Gasteiger charge is 2.28. The van der Waals surface area contributed by atoms with Crippen LogP contribution in [0.15, 0.2) is 47.4 Å². The summed E-state index contributed by atoms with van der Waals surface area (Å²) in [5.41, 5.74) is 1.13. The highest BCUT2D eigenvalue weighted by Crippen LogP contribution is 2.23. The van der Waals surface area contributed by atoms with E-state index in [2.05, 4.69) is 4.72 Å². The number of nitrogens with one attached hydrogen (secondary N) is 1. The number of amides is 2. The van der Waals surface area contributed by atoms with Crippen molar-refractivity contribution in [1.29, 1.82) is 0 Å². The Morgan fingerprint density at radius 1 is 1.00 bits per heavy atom. The lowest BCUT2D eigenvalue weighted by molar-refractivity contribution is -0.132. The average Bonchev–Trinajstić information content (AvgIpc) is 3.61. The molecule has 1 saturated carbocycles. The molecular formula is C23H25ClFN3O4S. The van der Waals surface area contributed by atoms with Gasteiger partial charge in [0.25, 0.3) is 5.91 Å². The summed E-state index contributed by atoms with van der Waals surface area (Å²) in [7, 11) is -3.48. The summed E-state index contributed by atoms with van der Waals surface area (Å²) in [6, 6.07) is 10.3. The van der Waals surface area contributed by atoms with Crippen molar-refractivity contribution in [3.05, 3.63) is 64.4 Å². The van der Waals surface area contributed by atoms with Crippen LogP contribution in [0.25, 0.3) is 0 Å². The van der Waals surface area contributed by atoms with Crippen molar-refractivity contribution in [2.75, 3.05) is 26.2 Å². The molecule has 0 radical (unpaired) electrons. The third-order valence-electron chi connectivity index (χ3n) is 5.84. The molecule has 1 aliphatic heterocycles. The number of aryl methyl sites for hydroxylation is 1. The second-order valence-corrected chi connectivity index (χ2v) is 10.5. The second-order valence-electron chi connectivity index (χ2n) is 8.34. The molecule has 2 aromatic carbocycles. The van der Waals surface area contributed by atoms with Gasteiger partial charge in [0.05, 0.1) is 15.5 Å². The molecule has 2 aliphatic rings. The van der Waals surface area contributed by atoms with Crippen LogP contribution in [-0.2, 0) is 21.2 Å². The number of hydrogen-bond acceptors (Lipinski definition) is 4. The molecule has 33 heavy (non-hydrogen) atoms. The molecule has 176 valence electrons. The van der Waals surface area contributed by atoms with Crippen molar-refractivity contribution in [2.45, 2.75) is 36.6 Å². The Labute approximate surface area is 197 Å². The maximum atomic E-state index is 13.2. The molecule has 0 unspecified atom stereocenters. The highest BCUT2D eigenvalue weighted by atomic mass is 35.5. The van der Waals surface area contributed by atoms with Crippen molar-refractivity contribution in [2.24, 2.45) is 0 Å². The minimum atomic E-state index is -3.48. The third kappa shape index (κ3) is 5.90. The molecule has 2 amide bonds. The minimum absolute atomic E-state index is 0.0194. The van der Waals surface area contributed by atoms with Crippen molar-refractivity contribution in [3.8, 4) is 0 Å². The van der Waals surface area contributed by atoms with Crippen molar-refractivity contribution < 1.29 is 22.4 Å². The van der Waals surface area contributed by atoms with Crippen LogP contribution in [0.2, 0.25) is 5.02 Å². The highest BCUT2D eigenvalue weighted by molar-refractivity contribution is 7.89. The predicted octanol–water partition coefficient (Wildman–Crippen LogP) is 2.84. The van der Waals surface area contributed by atoms with Crippen LogP contribution in [0.3, 0.4) is 0 Å². The smallest absolute Gasteiger partial charge is 0.255 e. The number of piperazine rings is 1. The maximum absolute atomic E-state index is 13.2. The van der Waals surface area contributed by atoms with Gasteiger partial charge >= 0.3 is 0 Å². The first-order valence-corrected chi connectivity index (χ1v) is 12.7.